The average Bonchev–Trinajstić information content (AvgIpc) is 3.37. The normalized spacial score (nSPS) is 15.4. The third-order valence-corrected chi connectivity index (χ3v) is 6.11. The number of rotatable bonds is 3. The lowest BCUT2D eigenvalue weighted by molar-refractivity contribution is 0.616. The highest BCUT2D eigenvalue weighted by molar-refractivity contribution is 6.02. The molecular formula is C25H25NO. The van der Waals surface area contributed by atoms with Crippen LogP contribution >= 0.6 is 0 Å². The predicted octanol–water partition coefficient (Wildman–Crippen LogP) is 7.43. The van der Waals surface area contributed by atoms with Crippen LogP contribution in [-0.2, 0) is 0 Å². The van der Waals surface area contributed by atoms with Crippen molar-refractivity contribution < 1.29 is 4.42 Å². The number of furan rings is 1. The molecule has 0 saturated heterocycles. The smallest absolute Gasteiger partial charge is 0.143 e. The molecule has 2 heterocycles. The number of hydrogen-bond acceptors (Lipinski definition) is 2. The minimum absolute atomic E-state index is 0.522. The second-order valence-corrected chi connectivity index (χ2v) is 8.18. The third-order valence-electron chi connectivity index (χ3n) is 6.11. The van der Waals surface area contributed by atoms with E-state index in [-0.39, 0.29) is 0 Å². The first kappa shape index (κ1) is 16.6. The van der Waals surface area contributed by atoms with Crippen molar-refractivity contribution in [2.24, 2.45) is 0 Å². The molecule has 2 aromatic carbocycles. The molecule has 0 aliphatic heterocycles. The molecule has 0 radical (unpaired) electrons. The summed E-state index contributed by atoms with van der Waals surface area (Å²) in [6, 6.07) is 15.6. The maximum Gasteiger partial charge on any atom is 0.143 e. The molecule has 1 aliphatic carbocycles. The van der Waals surface area contributed by atoms with Crippen LogP contribution in [0.25, 0.3) is 33.0 Å². The molecule has 4 aromatic rings. The van der Waals surface area contributed by atoms with Crippen molar-refractivity contribution in [3.63, 3.8) is 0 Å². The van der Waals surface area contributed by atoms with Crippen molar-refractivity contribution in [1.29, 1.82) is 0 Å². The second kappa shape index (κ2) is 6.53. The highest BCUT2D eigenvalue weighted by Gasteiger charge is 2.21. The van der Waals surface area contributed by atoms with Gasteiger partial charge in [-0.25, -0.2) is 0 Å². The Labute approximate surface area is 160 Å². The van der Waals surface area contributed by atoms with E-state index < -0.39 is 0 Å². The maximum absolute atomic E-state index is 5.89. The summed E-state index contributed by atoms with van der Waals surface area (Å²) in [5.74, 6) is 1.19. The van der Waals surface area contributed by atoms with E-state index >= 15 is 0 Å². The monoisotopic (exact) mass is 355 g/mol. The highest BCUT2D eigenvalue weighted by atomic mass is 16.3. The summed E-state index contributed by atoms with van der Waals surface area (Å²) in [7, 11) is 0. The molecule has 2 nitrogen and oxygen atoms in total. The average molecular weight is 355 g/mol. The van der Waals surface area contributed by atoms with Crippen LogP contribution < -0.4 is 0 Å². The van der Waals surface area contributed by atoms with Gasteiger partial charge in [0.1, 0.15) is 5.58 Å². The molecule has 2 aromatic heterocycles. The van der Waals surface area contributed by atoms with E-state index in [1.165, 1.54) is 53.0 Å². The van der Waals surface area contributed by atoms with Gasteiger partial charge in [-0.1, -0.05) is 44.9 Å². The van der Waals surface area contributed by atoms with E-state index in [0.717, 1.165) is 16.8 Å². The van der Waals surface area contributed by atoms with Gasteiger partial charge in [-0.2, -0.15) is 0 Å². The van der Waals surface area contributed by atoms with Gasteiger partial charge in [0.15, 0.2) is 0 Å². The molecular weight excluding hydrogens is 330 g/mol. The Morgan fingerprint density at radius 1 is 0.963 bits per heavy atom. The summed E-state index contributed by atoms with van der Waals surface area (Å²) in [4.78, 5) is 4.79. The quantitative estimate of drug-likeness (QED) is 0.382. The molecule has 0 atom stereocenters. The SMILES string of the molecule is CC(C)c1ccc2c(-c3cc(C4CCCC4)cc4ccoc34)nccc2c1. The molecule has 0 N–H and O–H groups in total. The molecule has 1 fully saturated rings. The van der Waals surface area contributed by atoms with Crippen LogP contribution in [0.1, 0.15) is 62.5 Å². The fourth-order valence-corrected chi connectivity index (χ4v) is 4.55. The summed E-state index contributed by atoms with van der Waals surface area (Å²) >= 11 is 0. The minimum Gasteiger partial charge on any atom is -0.464 e. The van der Waals surface area contributed by atoms with Crippen LogP contribution in [0.5, 0.6) is 0 Å². The van der Waals surface area contributed by atoms with Gasteiger partial charge in [-0.3, -0.25) is 4.98 Å². The molecule has 136 valence electrons. The fraction of sp³-hybridized carbons (Fsp3) is 0.320. The lowest BCUT2D eigenvalue weighted by Crippen LogP contribution is -1.95. The first-order valence-electron chi connectivity index (χ1n) is 10.1. The zero-order valence-corrected chi connectivity index (χ0v) is 16.0. The van der Waals surface area contributed by atoms with Gasteiger partial charge >= 0.3 is 0 Å². The van der Waals surface area contributed by atoms with E-state index in [9.17, 15) is 0 Å². The van der Waals surface area contributed by atoms with E-state index in [1.54, 1.807) is 6.26 Å². The fourth-order valence-electron chi connectivity index (χ4n) is 4.55. The zero-order valence-electron chi connectivity index (χ0n) is 16.0. The minimum atomic E-state index is 0.522. The van der Waals surface area contributed by atoms with Gasteiger partial charge in [0.2, 0.25) is 0 Å². The van der Waals surface area contributed by atoms with Crippen LogP contribution in [0.4, 0.5) is 0 Å². The number of fused-ring (bicyclic) bond motifs is 2. The second-order valence-electron chi connectivity index (χ2n) is 8.18. The van der Waals surface area contributed by atoms with Crippen LogP contribution in [-0.4, -0.2) is 4.98 Å². The lowest BCUT2D eigenvalue weighted by atomic mass is 9.92. The molecule has 2 heteroatoms. The molecule has 0 amide bonds. The number of nitrogens with zero attached hydrogens (tertiary/aromatic N) is 1. The summed E-state index contributed by atoms with van der Waals surface area (Å²) < 4.78 is 5.89. The summed E-state index contributed by atoms with van der Waals surface area (Å²) in [6.45, 7) is 4.47. The van der Waals surface area contributed by atoms with Gasteiger partial charge in [-0.05, 0) is 65.5 Å². The Bertz CT molecular complexity index is 1120. The molecule has 1 saturated carbocycles. The van der Waals surface area contributed by atoms with Crippen molar-refractivity contribution in [2.45, 2.75) is 51.4 Å². The Morgan fingerprint density at radius 2 is 1.81 bits per heavy atom. The van der Waals surface area contributed by atoms with Crippen molar-refractivity contribution in [3.8, 4) is 11.3 Å². The standard InChI is InChI=1S/C25H25NO/c1-16(2)18-7-8-22-19(13-18)9-11-26-24(22)23-15-21(17-5-3-4-6-17)14-20-10-12-27-25(20)23/h7-17H,3-6H2,1-2H3. The topological polar surface area (TPSA) is 26.0 Å². The molecule has 0 spiro atoms. The summed E-state index contributed by atoms with van der Waals surface area (Å²) in [5.41, 5.74) is 5.91. The first-order chi connectivity index (χ1) is 13.2. The lowest BCUT2D eigenvalue weighted by Gasteiger charge is -2.14. The summed E-state index contributed by atoms with van der Waals surface area (Å²) in [6.07, 6.45) is 9.00. The molecule has 5 rings (SSSR count). The van der Waals surface area contributed by atoms with Gasteiger partial charge in [-0.15, -0.1) is 0 Å². The third kappa shape index (κ3) is 2.84. The number of pyridine rings is 1. The number of aromatic nitrogens is 1. The molecule has 1 aliphatic rings. The Morgan fingerprint density at radius 3 is 2.63 bits per heavy atom. The van der Waals surface area contributed by atoms with E-state index in [2.05, 4.69) is 56.3 Å². The summed E-state index contributed by atoms with van der Waals surface area (Å²) in [5, 5.41) is 3.63. The van der Waals surface area contributed by atoms with Crippen LogP contribution in [0.2, 0.25) is 0 Å². The Hall–Kier alpha value is -2.61. The zero-order chi connectivity index (χ0) is 18.4. The first-order valence-corrected chi connectivity index (χ1v) is 10.1. The Kier molecular flexibility index (Phi) is 4.00. The number of benzene rings is 2. The highest BCUT2D eigenvalue weighted by Crippen LogP contribution is 2.40. The predicted molar refractivity (Wildman–Crippen MR) is 112 cm³/mol. The maximum atomic E-state index is 5.89. The molecule has 0 unspecified atom stereocenters. The Balaban J connectivity index is 1.74. The molecule has 27 heavy (non-hydrogen) atoms. The van der Waals surface area contributed by atoms with Gasteiger partial charge in [0.05, 0.1) is 12.0 Å². The van der Waals surface area contributed by atoms with Gasteiger partial charge < -0.3 is 4.42 Å². The van der Waals surface area contributed by atoms with Crippen LogP contribution in [0.3, 0.4) is 0 Å². The number of hydrogen-bond donors (Lipinski definition) is 0. The van der Waals surface area contributed by atoms with Crippen molar-refractivity contribution >= 4 is 21.7 Å². The van der Waals surface area contributed by atoms with Crippen molar-refractivity contribution in [3.05, 3.63) is 66.1 Å². The van der Waals surface area contributed by atoms with Crippen LogP contribution in [0, 0.1) is 0 Å². The van der Waals surface area contributed by atoms with Gasteiger partial charge in [0.25, 0.3) is 0 Å². The molecule has 0 bridgehead atoms. The van der Waals surface area contributed by atoms with E-state index in [4.69, 9.17) is 9.40 Å². The van der Waals surface area contributed by atoms with Crippen molar-refractivity contribution in [2.75, 3.05) is 0 Å². The van der Waals surface area contributed by atoms with E-state index in [1.807, 2.05) is 6.20 Å². The van der Waals surface area contributed by atoms with Crippen LogP contribution in [0.15, 0.2) is 59.3 Å². The largest absolute Gasteiger partial charge is 0.464 e. The van der Waals surface area contributed by atoms with Gasteiger partial charge in [0, 0.05) is 22.5 Å². The van der Waals surface area contributed by atoms with E-state index in [0.29, 0.717) is 11.8 Å². The van der Waals surface area contributed by atoms with Crippen molar-refractivity contribution in [1.82, 2.24) is 4.98 Å².